The van der Waals surface area contributed by atoms with E-state index >= 15 is 0 Å². The third-order valence-electron chi connectivity index (χ3n) is 3.07. The van der Waals surface area contributed by atoms with Crippen LogP contribution in [0.3, 0.4) is 0 Å². The molecular weight excluding hydrogens is 230 g/mol. The minimum absolute atomic E-state index is 0.387. The standard InChI is InChI=1S/C14H15NO3/c1-9(14(16)15-17)10-3-4-12-8-13(18-2)6-5-11(12)7-10/h3-9,17H,1-2H3,(H,15,16)/t9-/m1/s1. The Morgan fingerprint density at radius 1 is 1.22 bits per heavy atom. The number of ether oxygens (including phenoxy) is 1. The van der Waals surface area contributed by atoms with E-state index in [2.05, 4.69) is 0 Å². The molecule has 0 fully saturated rings. The van der Waals surface area contributed by atoms with E-state index in [1.807, 2.05) is 36.4 Å². The van der Waals surface area contributed by atoms with Gasteiger partial charge in [-0.2, -0.15) is 0 Å². The van der Waals surface area contributed by atoms with Crippen LogP contribution in [-0.2, 0) is 4.79 Å². The van der Waals surface area contributed by atoms with Crippen molar-refractivity contribution in [2.75, 3.05) is 7.11 Å². The molecule has 2 N–H and O–H groups in total. The summed E-state index contributed by atoms with van der Waals surface area (Å²) in [4.78, 5) is 11.4. The Hall–Kier alpha value is -2.07. The molecule has 4 nitrogen and oxygen atoms in total. The number of nitrogens with one attached hydrogen (secondary N) is 1. The normalized spacial score (nSPS) is 12.2. The molecule has 0 saturated heterocycles. The fourth-order valence-corrected chi connectivity index (χ4v) is 1.89. The summed E-state index contributed by atoms with van der Waals surface area (Å²) < 4.78 is 5.16. The molecule has 2 aromatic carbocycles. The number of fused-ring (bicyclic) bond motifs is 1. The Labute approximate surface area is 105 Å². The zero-order chi connectivity index (χ0) is 13.1. The maximum Gasteiger partial charge on any atom is 0.250 e. The molecule has 0 aromatic heterocycles. The number of hydroxylamine groups is 1. The van der Waals surface area contributed by atoms with E-state index in [0.29, 0.717) is 0 Å². The fraction of sp³-hybridized carbons (Fsp3) is 0.214. The Balaban J connectivity index is 2.42. The SMILES string of the molecule is COc1ccc2cc([C@@H](C)C(=O)NO)ccc2c1. The maximum absolute atomic E-state index is 11.4. The van der Waals surface area contributed by atoms with Gasteiger partial charge in [0.05, 0.1) is 13.0 Å². The van der Waals surface area contributed by atoms with Crippen molar-refractivity contribution in [3.8, 4) is 5.75 Å². The largest absolute Gasteiger partial charge is 0.497 e. The monoisotopic (exact) mass is 245 g/mol. The first-order chi connectivity index (χ1) is 8.65. The molecule has 0 bridgehead atoms. The summed E-state index contributed by atoms with van der Waals surface area (Å²) in [6, 6.07) is 11.5. The van der Waals surface area contributed by atoms with Crippen molar-refractivity contribution in [3.63, 3.8) is 0 Å². The summed E-state index contributed by atoms with van der Waals surface area (Å²) >= 11 is 0. The van der Waals surface area contributed by atoms with Gasteiger partial charge in [-0.1, -0.05) is 24.3 Å². The second-order valence-corrected chi connectivity index (χ2v) is 4.17. The molecule has 1 amide bonds. The number of amides is 1. The lowest BCUT2D eigenvalue weighted by molar-refractivity contribution is -0.130. The molecule has 94 valence electrons. The van der Waals surface area contributed by atoms with Gasteiger partial charge >= 0.3 is 0 Å². The molecule has 0 spiro atoms. The van der Waals surface area contributed by atoms with E-state index in [9.17, 15) is 4.79 Å². The zero-order valence-electron chi connectivity index (χ0n) is 10.3. The van der Waals surface area contributed by atoms with Crippen molar-refractivity contribution in [2.45, 2.75) is 12.8 Å². The quantitative estimate of drug-likeness (QED) is 0.645. The van der Waals surface area contributed by atoms with Gasteiger partial charge in [-0.15, -0.1) is 0 Å². The smallest absolute Gasteiger partial charge is 0.250 e. The molecule has 0 aliphatic rings. The summed E-state index contributed by atoms with van der Waals surface area (Å²) in [5, 5.41) is 10.7. The molecule has 1 atom stereocenters. The second kappa shape index (κ2) is 5.06. The number of hydrogen-bond donors (Lipinski definition) is 2. The topological polar surface area (TPSA) is 58.6 Å². The Kier molecular flexibility index (Phi) is 3.48. The van der Waals surface area contributed by atoms with E-state index in [0.717, 1.165) is 22.1 Å². The first-order valence-electron chi connectivity index (χ1n) is 5.67. The maximum atomic E-state index is 11.4. The Morgan fingerprint density at radius 3 is 2.56 bits per heavy atom. The lowest BCUT2D eigenvalue weighted by Crippen LogP contribution is -2.24. The summed E-state index contributed by atoms with van der Waals surface area (Å²) in [6.07, 6.45) is 0. The summed E-state index contributed by atoms with van der Waals surface area (Å²) in [5.74, 6) is 0.000707. The van der Waals surface area contributed by atoms with Gasteiger partial charge < -0.3 is 4.74 Å². The van der Waals surface area contributed by atoms with Crippen LogP contribution in [0.5, 0.6) is 5.75 Å². The van der Waals surface area contributed by atoms with Crippen LogP contribution in [0.15, 0.2) is 36.4 Å². The molecule has 0 unspecified atom stereocenters. The average Bonchev–Trinajstić information content (AvgIpc) is 2.44. The van der Waals surface area contributed by atoms with Crippen molar-refractivity contribution in [2.24, 2.45) is 0 Å². The van der Waals surface area contributed by atoms with Gasteiger partial charge in [-0.3, -0.25) is 10.0 Å². The molecule has 0 aliphatic carbocycles. The predicted molar refractivity (Wildman–Crippen MR) is 68.8 cm³/mol. The number of carbonyl (C=O) groups excluding carboxylic acids is 1. The highest BCUT2D eigenvalue weighted by Gasteiger charge is 2.14. The third-order valence-corrected chi connectivity index (χ3v) is 3.07. The van der Waals surface area contributed by atoms with Crippen LogP contribution in [0.1, 0.15) is 18.4 Å². The second-order valence-electron chi connectivity index (χ2n) is 4.17. The fourth-order valence-electron chi connectivity index (χ4n) is 1.89. The minimum Gasteiger partial charge on any atom is -0.497 e. The number of methoxy groups -OCH3 is 1. The highest BCUT2D eigenvalue weighted by Crippen LogP contribution is 2.25. The van der Waals surface area contributed by atoms with Crippen LogP contribution >= 0.6 is 0 Å². The summed E-state index contributed by atoms with van der Waals surface area (Å²) in [7, 11) is 1.63. The molecule has 0 heterocycles. The molecule has 4 heteroatoms. The van der Waals surface area contributed by atoms with E-state index in [1.54, 1.807) is 19.5 Å². The molecule has 0 aliphatic heterocycles. The zero-order valence-corrected chi connectivity index (χ0v) is 10.3. The van der Waals surface area contributed by atoms with Crippen molar-refractivity contribution in [1.82, 2.24) is 5.48 Å². The van der Waals surface area contributed by atoms with Crippen LogP contribution in [0.4, 0.5) is 0 Å². The number of benzene rings is 2. The molecule has 0 radical (unpaired) electrons. The molecule has 2 rings (SSSR count). The van der Waals surface area contributed by atoms with Gasteiger partial charge in [0.15, 0.2) is 0 Å². The van der Waals surface area contributed by atoms with Crippen LogP contribution < -0.4 is 10.2 Å². The van der Waals surface area contributed by atoms with E-state index in [-0.39, 0.29) is 5.92 Å². The van der Waals surface area contributed by atoms with Crippen molar-refractivity contribution in [1.29, 1.82) is 0 Å². The van der Waals surface area contributed by atoms with Crippen molar-refractivity contribution in [3.05, 3.63) is 42.0 Å². The predicted octanol–water partition coefficient (Wildman–Crippen LogP) is 2.46. The van der Waals surface area contributed by atoms with Crippen LogP contribution in [-0.4, -0.2) is 18.2 Å². The third kappa shape index (κ3) is 2.28. The van der Waals surface area contributed by atoms with Gasteiger partial charge in [-0.05, 0) is 35.4 Å². The van der Waals surface area contributed by atoms with E-state index < -0.39 is 5.91 Å². The van der Waals surface area contributed by atoms with Gasteiger partial charge in [0.1, 0.15) is 5.75 Å². The molecular formula is C14H15NO3. The Bertz CT molecular complexity index is 580. The molecule has 18 heavy (non-hydrogen) atoms. The highest BCUT2D eigenvalue weighted by atomic mass is 16.5. The van der Waals surface area contributed by atoms with Crippen molar-refractivity contribution >= 4 is 16.7 Å². The first kappa shape index (κ1) is 12.4. The van der Waals surface area contributed by atoms with Crippen molar-refractivity contribution < 1.29 is 14.7 Å². The lowest BCUT2D eigenvalue weighted by atomic mass is 9.97. The lowest BCUT2D eigenvalue weighted by Gasteiger charge is -2.11. The van der Waals surface area contributed by atoms with Gasteiger partial charge in [0, 0.05) is 0 Å². The average molecular weight is 245 g/mol. The van der Waals surface area contributed by atoms with Gasteiger partial charge in [0.2, 0.25) is 0 Å². The minimum atomic E-state index is -0.414. The van der Waals surface area contributed by atoms with Crippen LogP contribution in [0.25, 0.3) is 10.8 Å². The first-order valence-corrected chi connectivity index (χ1v) is 5.67. The van der Waals surface area contributed by atoms with E-state index in [4.69, 9.17) is 9.94 Å². The number of rotatable bonds is 3. The van der Waals surface area contributed by atoms with Crippen LogP contribution in [0.2, 0.25) is 0 Å². The van der Waals surface area contributed by atoms with Gasteiger partial charge in [-0.25, -0.2) is 5.48 Å². The number of carbonyl (C=O) groups is 1. The van der Waals surface area contributed by atoms with Gasteiger partial charge in [0.25, 0.3) is 5.91 Å². The highest BCUT2D eigenvalue weighted by molar-refractivity contribution is 5.87. The van der Waals surface area contributed by atoms with Crippen LogP contribution in [0, 0.1) is 0 Å². The van der Waals surface area contributed by atoms with E-state index in [1.165, 1.54) is 0 Å². The Morgan fingerprint density at radius 2 is 1.89 bits per heavy atom. The number of hydrogen-bond acceptors (Lipinski definition) is 3. The molecule has 0 saturated carbocycles. The summed E-state index contributed by atoms with van der Waals surface area (Å²) in [5.41, 5.74) is 2.53. The molecule has 2 aromatic rings. The summed E-state index contributed by atoms with van der Waals surface area (Å²) in [6.45, 7) is 1.75.